The molecular formula is C12H14O5S. The average molecular weight is 270 g/mol. The zero-order valence-corrected chi connectivity index (χ0v) is 10.8. The molecule has 6 heteroatoms. The van der Waals surface area contributed by atoms with Crippen LogP contribution >= 0.6 is 0 Å². The number of rotatable bonds is 4. The molecule has 0 aromatic heterocycles. The first-order chi connectivity index (χ1) is 8.53. The van der Waals surface area contributed by atoms with Gasteiger partial charge in [-0.25, -0.2) is 8.42 Å². The van der Waals surface area contributed by atoms with Crippen molar-refractivity contribution in [2.24, 2.45) is 0 Å². The fourth-order valence-corrected chi connectivity index (χ4v) is 2.97. The Morgan fingerprint density at radius 2 is 1.89 bits per heavy atom. The van der Waals surface area contributed by atoms with E-state index in [1.165, 1.54) is 12.1 Å². The van der Waals surface area contributed by atoms with Crippen molar-refractivity contribution in [2.45, 2.75) is 18.2 Å². The van der Waals surface area contributed by atoms with Gasteiger partial charge in [0.2, 0.25) is 0 Å². The standard InChI is InChI=1S/C12H14O5S/c1-2-9(13)8-18(14,15)10-3-4-11-12(7-10)17-6-5-16-11/h3-4,7H,2,5-6,8H2,1H3. The Morgan fingerprint density at radius 3 is 2.56 bits per heavy atom. The number of carbonyl (C=O) groups is 1. The first-order valence-corrected chi connectivity index (χ1v) is 7.32. The van der Waals surface area contributed by atoms with Crippen LogP contribution in [0.1, 0.15) is 13.3 Å². The van der Waals surface area contributed by atoms with Crippen LogP contribution in [0.4, 0.5) is 0 Å². The summed E-state index contributed by atoms with van der Waals surface area (Å²) in [6.07, 6.45) is 0.212. The third kappa shape index (κ3) is 2.64. The second-order valence-corrected chi connectivity index (χ2v) is 5.95. The normalized spacial score (nSPS) is 14.3. The summed E-state index contributed by atoms with van der Waals surface area (Å²) in [6.45, 7) is 2.49. The summed E-state index contributed by atoms with van der Waals surface area (Å²) in [5.74, 6) is 0.168. The van der Waals surface area contributed by atoms with Gasteiger partial charge in [0, 0.05) is 12.5 Å². The third-order valence-electron chi connectivity index (χ3n) is 2.62. The van der Waals surface area contributed by atoms with Crippen molar-refractivity contribution in [3.63, 3.8) is 0 Å². The largest absolute Gasteiger partial charge is 0.486 e. The molecule has 0 bridgehead atoms. The molecule has 1 aromatic rings. The van der Waals surface area contributed by atoms with Crippen molar-refractivity contribution in [3.05, 3.63) is 18.2 Å². The minimum atomic E-state index is -3.59. The summed E-state index contributed by atoms with van der Waals surface area (Å²) in [4.78, 5) is 11.3. The van der Waals surface area contributed by atoms with Crippen LogP contribution in [0.3, 0.4) is 0 Å². The molecule has 0 N–H and O–H groups in total. The summed E-state index contributed by atoms with van der Waals surface area (Å²) in [6, 6.07) is 4.40. The van der Waals surface area contributed by atoms with Gasteiger partial charge in [-0.2, -0.15) is 0 Å². The van der Waals surface area contributed by atoms with Gasteiger partial charge in [0.05, 0.1) is 4.90 Å². The van der Waals surface area contributed by atoms with Crippen LogP contribution in [0.25, 0.3) is 0 Å². The van der Waals surface area contributed by atoms with E-state index in [1.807, 2.05) is 0 Å². The maximum atomic E-state index is 12.0. The fourth-order valence-electron chi connectivity index (χ4n) is 1.61. The molecule has 5 nitrogen and oxygen atoms in total. The number of fused-ring (bicyclic) bond motifs is 1. The molecule has 0 aliphatic carbocycles. The van der Waals surface area contributed by atoms with Gasteiger partial charge >= 0.3 is 0 Å². The van der Waals surface area contributed by atoms with E-state index < -0.39 is 15.6 Å². The Balaban J connectivity index is 2.31. The number of sulfone groups is 1. The topological polar surface area (TPSA) is 69.7 Å². The highest BCUT2D eigenvalue weighted by Gasteiger charge is 2.21. The highest BCUT2D eigenvalue weighted by molar-refractivity contribution is 7.92. The Morgan fingerprint density at radius 1 is 1.22 bits per heavy atom. The van der Waals surface area contributed by atoms with Crippen LogP contribution < -0.4 is 9.47 Å². The first-order valence-electron chi connectivity index (χ1n) is 5.67. The number of benzene rings is 1. The average Bonchev–Trinajstić information content (AvgIpc) is 2.37. The summed E-state index contributed by atoms with van der Waals surface area (Å²) in [7, 11) is -3.59. The summed E-state index contributed by atoms with van der Waals surface area (Å²) < 4.78 is 34.6. The quantitative estimate of drug-likeness (QED) is 0.822. The van der Waals surface area contributed by atoms with Crippen molar-refractivity contribution in [1.82, 2.24) is 0 Å². The molecule has 1 aliphatic rings. The van der Waals surface area contributed by atoms with Gasteiger partial charge in [-0.1, -0.05) is 6.92 Å². The van der Waals surface area contributed by atoms with Crippen LogP contribution in [0.2, 0.25) is 0 Å². The molecule has 0 unspecified atom stereocenters. The third-order valence-corrected chi connectivity index (χ3v) is 4.29. The first kappa shape index (κ1) is 12.9. The van der Waals surface area contributed by atoms with Crippen LogP contribution in [0, 0.1) is 0 Å². The van der Waals surface area contributed by atoms with E-state index in [0.29, 0.717) is 24.7 Å². The Kier molecular flexibility index (Phi) is 3.56. The van der Waals surface area contributed by atoms with Crippen molar-refractivity contribution < 1.29 is 22.7 Å². The van der Waals surface area contributed by atoms with E-state index in [0.717, 1.165) is 0 Å². The van der Waals surface area contributed by atoms with E-state index in [4.69, 9.17) is 9.47 Å². The van der Waals surface area contributed by atoms with Gasteiger partial charge in [-0.05, 0) is 12.1 Å². The molecular weight excluding hydrogens is 256 g/mol. The van der Waals surface area contributed by atoms with E-state index in [1.54, 1.807) is 13.0 Å². The predicted octanol–water partition coefficient (Wildman–Crippen LogP) is 1.21. The highest BCUT2D eigenvalue weighted by atomic mass is 32.2. The Hall–Kier alpha value is -1.56. The van der Waals surface area contributed by atoms with Crippen molar-refractivity contribution in [2.75, 3.05) is 19.0 Å². The number of ketones is 1. The molecule has 0 atom stereocenters. The number of carbonyl (C=O) groups excluding carboxylic acids is 1. The smallest absolute Gasteiger partial charge is 0.185 e. The summed E-state index contributed by atoms with van der Waals surface area (Å²) in [5.41, 5.74) is 0. The fraction of sp³-hybridized carbons (Fsp3) is 0.417. The van der Waals surface area contributed by atoms with Gasteiger partial charge in [-0.15, -0.1) is 0 Å². The van der Waals surface area contributed by atoms with Crippen LogP contribution in [0.5, 0.6) is 11.5 Å². The molecule has 98 valence electrons. The second-order valence-electron chi connectivity index (χ2n) is 3.96. The van der Waals surface area contributed by atoms with Gasteiger partial charge < -0.3 is 9.47 Å². The predicted molar refractivity (Wildman–Crippen MR) is 64.8 cm³/mol. The molecule has 0 saturated heterocycles. The van der Waals surface area contributed by atoms with Crippen LogP contribution in [-0.2, 0) is 14.6 Å². The number of hydrogen-bond acceptors (Lipinski definition) is 5. The van der Waals surface area contributed by atoms with Gasteiger partial charge in [0.15, 0.2) is 21.3 Å². The maximum Gasteiger partial charge on any atom is 0.185 e. The molecule has 2 rings (SSSR count). The van der Waals surface area contributed by atoms with Crippen molar-refractivity contribution >= 4 is 15.6 Å². The number of ether oxygens (including phenoxy) is 2. The number of hydrogen-bond donors (Lipinski definition) is 0. The molecule has 1 aromatic carbocycles. The zero-order chi connectivity index (χ0) is 13.2. The lowest BCUT2D eigenvalue weighted by molar-refractivity contribution is -0.116. The molecule has 0 fully saturated rings. The monoisotopic (exact) mass is 270 g/mol. The van der Waals surface area contributed by atoms with Gasteiger partial charge in [0.1, 0.15) is 24.7 Å². The maximum absolute atomic E-state index is 12.0. The Bertz CT molecular complexity index is 562. The molecule has 1 aliphatic heterocycles. The van der Waals surface area contributed by atoms with E-state index in [2.05, 4.69) is 0 Å². The highest BCUT2D eigenvalue weighted by Crippen LogP contribution is 2.32. The molecule has 1 heterocycles. The van der Waals surface area contributed by atoms with Crippen LogP contribution in [0.15, 0.2) is 23.1 Å². The Labute approximate surface area is 106 Å². The van der Waals surface area contributed by atoms with E-state index in [-0.39, 0.29) is 17.1 Å². The van der Waals surface area contributed by atoms with Crippen molar-refractivity contribution in [1.29, 1.82) is 0 Å². The minimum Gasteiger partial charge on any atom is -0.486 e. The van der Waals surface area contributed by atoms with E-state index >= 15 is 0 Å². The van der Waals surface area contributed by atoms with E-state index in [9.17, 15) is 13.2 Å². The minimum absolute atomic E-state index is 0.0913. The molecule has 0 amide bonds. The summed E-state index contributed by atoms with van der Waals surface area (Å²) in [5, 5.41) is 0. The zero-order valence-electron chi connectivity index (χ0n) is 10.0. The molecule has 0 radical (unpaired) electrons. The van der Waals surface area contributed by atoms with Gasteiger partial charge in [0.25, 0.3) is 0 Å². The lowest BCUT2D eigenvalue weighted by atomic mass is 10.3. The second kappa shape index (κ2) is 4.97. The lowest BCUT2D eigenvalue weighted by Gasteiger charge is -2.18. The lowest BCUT2D eigenvalue weighted by Crippen LogP contribution is -2.18. The molecule has 0 spiro atoms. The van der Waals surface area contributed by atoms with Gasteiger partial charge in [-0.3, -0.25) is 4.79 Å². The van der Waals surface area contributed by atoms with Crippen LogP contribution in [-0.4, -0.2) is 33.2 Å². The summed E-state index contributed by atoms with van der Waals surface area (Å²) >= 11 is 0. The molecule has 18 heavy (non-hydrogen) atoms. The molecule has 0 saturated carbocycles. The SMILES string of the molecule is CCC(=O)CS(=O)(=O)c1ccc2c(c1)OCCO2. The van der Waals surface area contributed by atoms with Crippen molar-refractivity contribution in [3.8, 4) is 11.5 Å². The number of Topliss-reactive ketones (excluding diaryl/α,β-unsaturated/α-hetero) is 1.